The molecule has 3 aromatic carbocycles. The summed E-state index contributed by atoms with van der Waals surface area (Å²) in [6.07, 6.45) is 10.8. The number of hydrogen-bond acceptors (Lipinski definition) is 3. The molecule has 0 N–H and O–H groups in total. The fourth-order valence-corrected chi connectivity index (χ4v) is 7.31. The Morgan fingerprint density at radius 2 is 1.27 bits per heavy atom. The lowest BCUT2D eigenvalue weighted by Gasteiger charge is -2.27. The zero-order chi connectivity index (χ0) is 31.1. The summed E-state index contributed by atoms with van der Waals surface area (Å²) in [5, 5.41) is 0. The summed E-state index contributed by atoms with van der Waals surface area (Å²) in [6, 6.07) is 27.9. The highest BCUT2D eigenvalue weighted by molar-refractivity contribution is 5.85. The summed E-state index contributed by atoms with van der Waals surface area (Å²) < 4.78 is 0. The second-order valence-electron chi connectivity index (χ2n) is 12.6. The molecule has 3 heteroatoms. The Labute approximate surface area is 267 Å². The van der Waals surface area contributed by atoms with E-state index in [1.54, 1.807) is 11.1 Å². The first-order chi connectivity index (χ1) is 21.5. The van der Waals surface area contributed by atoms with E-state index in [0.29, 0.717) is 5.92 Å². The van der Waals surface area contributed by atoms with E-state index in [-0.39, 0.29) is 0 Å². The van der Waals surface area contributed by atoms with Gasteiger partial charge in [0.05, 0.1) is 0 Å². The summed E-state index contributed by atoms with van der Waals surface area (Å²) in [5.74, 6) is 0.478. The normalized spacial score (nSPS) is 16.1. The molecular weight excluding hydrogens is 534 g/mol. The average Bonchev–Trinajstić information content (AvgIpc) is 3.20. The van der Waals surface area contributed by atoms with Crippen LogP contribution in [0.2, 0.25) is 0 Å². The first-order valence-electron chi connectivity index (χ1n) is 17.0. The fraction of sp³-hybridized carbons (Fsp3) is 0.415. The van der Waals surface area contributed by atoms with Crippen LogP contribution < -0.4 is 9.80 Å². The van der Waals surface area contributed by atoms with Crippen molar-refractivity contribution in [2.24, 2.45) is 0 Å². The van der Waals surface area contributed by atoms with E-state index in [1.807, 2.05) is 0 Å². The molecule has 0 saturated heterocycles. The van der Waals surface area contributed by atoms with Crippen molar-refractivity contribution in [3.63, 3.8) is 0 Å². The molecule has 1 atom stereocenters. The lowest BCUT2D eigenvalue weighted by Crippen LogP contribution is -2.21. The number of anilines is 2. The van der Waals surface area contributed by atoms with Crippen LogP contribution in [0, 0.1) is 0 Å². The molecule has 0 saturated carbocycles. The smallest absolute Gasteiger partial charge is 0.0366 e. The van der Waals surface area contributed by atoms with Gasteiger partial charge >= 0.3 is 0 Å². The molecule has 0 aliphatic heterocycles. The van der Waals surface area contributed by atoms with Crippen LogP contribution in [0.4, 0.5) is 11.4 Å². The van der Waals surface area contributed by atoms with E-state index >= 15 is 0 Å². The molecule has 44 heavy (non-hydrogen) atoms. The van der Waals surface area contributed by atoms with Crippen molar-refractivity contribution in [2.45, 2.75) is 65.7 Å². The number of fused-ring (bicyclic) bond motifs is 2. The molecule has 0 bridgehead atoms. The van der Waals surface area contributed by atoms with Gasteiger partial charge in [-0.2, -0.15) is 0 Å². The Morgan fingerprint density at radius 1 is 0.705 bits per heavy atom. The highest BCUT2D eigenvalue weighted by atomic mass is 15.1. The number of hydrogen-bond donors (Lipinski definition) is 0. The van der Waals surface area contributed by atoms with Crippen LogP contribution in [0.3, 0.4) is 0 Å². The van der Waals surface area contributed by atoms with Crippen LogP contribution in [0.1, 0.15) is 81.5 Å². The molecule has 5 rings (SSSR count). The predicted octanol–water partition coefficient (Wildman–Crippen LogP) is 9.51. The standard InChI is InChI=1S/C41H53N3/c1-7-43(8-2)36-24-19-32(20-25-36)41(33-21-26-37(27-22-33)44(9-3)10-4)35-23-28-39-34(30-35)18-17-31-14-11-12-15-38(31)40(39)16-13-29-42(5)6/h11-12,14-15,19-22,24-28,30,40H,7-10,13,16-18,23,29H2,1-6H3. The van der Waals surface area contributed by atoms with E-state index in [2.05, 4.69) is 141 Å². The van der Waals surface area contributed by atoms with E-state index in [0.717, 1.165) is 52.0 Å². The zero-order valence-corrected chi connectivity index (χ0v) is 28.1. The van der Waals surface area contributed by atoms with Crippen LogP contribution in [-0.4, -0.2) is 51.7 Å². The molecule has 0 fully saturated rings. The van der Waals surface area contributed by atoms with E-state index in [4.69, 9.17) is 0 Å². The maximum absolute atomic E-state index is 2.58. The minimum absolute atomic E-state index is 0.478. The lowest BCUT2D eigenvalue weighted by atomic mass is 9.78. The Balaban J connectivity index is 1.58. The van der Waals surface area contributed by atoms with Gasteiger partial charge in [0.25, 0.3) is 0 Å². The summed E-state index contributed by atoms with van der Waals surface area (Å²) in [5.41, 5.74) is 14.2. The average molecular weight is 588 g/mol. The summed E-state index contributed by atoms with van der Waals surface area (Å²) in [7, 11) is 4.38. The molecule has 3 aromatic rings. The Kier molecular flexibility index (Phi) is 10.8. The van der Waals surface area contributed by atoms with Gasteiger partial charge in [0.1, 0.15) is 0 Å². The largest absolute Gasteiger partial charge is 0.372 e. The van der Waals surface area contributed by atoms with Crippen LogP contribution in [-0.2, 0) is 6.42 Å². The molecule has 2 aliphatic rings. The Morgan fingerprint density at radius 3 is 1.82 bits per heavy atom. The van der Waals surface area contributed by atoms with Crippen molar-refractivity contribution in [1.29, 1.82) is 0 Å². The van der Waals surface area contributed by atoms with Gasteiger partial charge in [-0.05, 0) is 149 Å². The van der Waals surface area contributed by atoms with Crippen LogP contribution in [0.25, 0.3) is 5.57 Å². The number of aryl methyl sites for hydroxylation is 1. The van der Waals surface area contributed by atoms with Crippen molar-refractivity contribution in [3.8, 4) is 0 Å². The first kappa shape index (κ1) is 31.9. The highest BCUT2D eigenvalue weighted by Gasteiger charge is 2.28. The third-order valence-corrected chi connectivity index (χ3v) is 9.72. The van der Waals surface area contributed by atoms with Gasteiger partial charge < -0.3 is 14.7 Å². The van der Waals surface area contributed by atoms with Crippen molar-refractivity contribution < 1.29 is 0 Å². The number of nitrogens with zero attached hydrogens (tertiary/aromatic N) is 3. The van der Waals surface area contributed by atoms with E-state index in [9.17, 15) is 0 Å². The molecule has 2 aliphatic carbocycles. The molecule has 232 valence electrons. The van der Waals surface area contributed by atoms with Crippen LogP contribution >= 0.6 is 0 Å². The molecule has 0 amide bonds. The second kappa shape index (κ2) is 14.9. The molecule has 0 heterocycles. The van der Waals surface area contributed by atoms with E-state index in [1.165, 1.54) is 57.6 Å². The Hall–Kier alpha value is -3.56. The van der Waals surface area contributed by atoms with Crippen molar-refractivity contribution in [2.75, 3.05) is 56.6 Å². The monoisotopic (exact) mass is 587 g/mol. The third kappa shape index (κ3) is 7.05. The van der Waals surface area contributed by atoms with Crippen molar-refractivity contribution in [3.05, 3.63) is 124 Å². The Bertz CT molecular complexity index is 1410. The van der Waals surface area contributed by atoms with Gasteiger partial charge in [-0.3, -0.25) is 0 Å². The maximum atomic E-state index is 2.58. The van der Waals surface area contributed by atoms with Crippen LogP contribution in [0.15, 0.2) is 102 Å². The highest BCUT2D eigenvalue weighted by Crippen LogP contribution is 2.45. The number of allylic oxidation sites excluding steroid dienone is 5. The first-order valence-corrected chi connectivity index (χ1v) is 17.0. The minimum Gasteiger partial charge on any atom is -0.372 e. The molecule has 0 aromatic heterocycles. The topological polar surface area (TPSA) is 9.72 Å². The zero-order valence-electron chi connectivity index (χ0n) is 28.1. The third-order valence-electron chi connectivity index (χ3n) is 9.72. The maximum Gasteiger partial charge on any atom is 0.0366 e. The van der Waals surface area contributed by atoms with Crippen molar-refractivity contribution >= 4 is 16.9 Å². The quantitative estimate of drug-likeness (QED) is 0.209. The van der Waals surface area contributed by atoms with Crippen LogP contribution in [0.5, 0.6) is 0 Å². The summed E-state index contributed by atoms with van der Waals surface area (Å²) in [6.45, 7) is 14.2. The number of benzene rings is 3. The van der Waals surface area contributed by atoms with Gasteiger partial charge in [0.15, 0.2) is 0 Å². The van der Waals surface area contributed by atoms with Gasteiger partial charge in [0.2, 0.25) is 0 Å². The lowest BCUT2D eigenvalue weighted by molar-refractivity contribution is 0.389. The van der Waals surface area contributed by atoms with Gasteiger partial charge in [0, 0.05) is 43.5 Å². The molecule has 3 nitrogen and oxygen atoms in total. The van der Waals surface area contributed by atoms with Gasteiger partial charge in [-0.25, -0.2) is 0 Å². The molecule has 0 spiro atoms. The van der Waals surface area contributed by atoms with E-state index < -0.39 is 0 Å². The fourth-order valence-electron chi connectivity index (χ4n) is 7.31. The minimum atomic E-state index is 0.478. The molecular formula is C41H53N3. The van der Waals surface area contributed by atoms with Gasteiger partial charge in [-0.1, -0.05) is 60.7 Å². The van der Waals surface area contributed by atoms with Gasteiger partial charge in [-0.15, -0.1) is 0 Å². The molecule has 0 radical (unpaired) electrons. The predicted molar refractivity (Wildman–Crippen MR) is 192 cm³/mol. The second-order valence-corrected chi connectivity index (χ2v) is 12.6. The van der Waals surface area contributed by atoms with Crippen molar-refractivity contribution in [1.82, 2.24) is 4.90 Å². The SMILES string of the molecule is CCN(CC)c1ccc(C(=C2C=C3CCc4ccccc4C(CCCN(C)C)C3=CC2)c2ccc(N(CC)CC)cc2)cc1. The summed E-state index contributed by atoms with van der Waals surface area (Å²) in [4.78, 5) is 7.16. The number of rotatable bonds is 12. The summed E-state index contributed by atoms with van der Waals surface area (Å²) >= 11 is 0. The molecule has 1 unspecified atom stereocenters.